The average molecular weight is 476 g/mol. The molecular weight excluding hydrogens is 438 g/mol. The number of ether oxygens (including phenoxy) is 1. The van der Waals surface area contributed by atoms with Crippen LogP contribution in [0.3, 0.4) is 0 Å². The SMILES string of the molecule is C=C/C=C(\C=C)N(c1ccccc1)c1cc(C)c(-c2ccc3c(c2)C(C)(C)OC32CCCC2)c(C)c1. The van der Waals surface area contributed by atoms with Crippen molar-refractivity contribution in [3.63, 3.8) is 0 Å². The molecule has 0 atom stereocenters. The van der Waals surface area contributed by atoms with Gasteiger partial charge >= 0.3 is 0 Å². The fourth-order valence-electron chi connectivity index (χ4n) is 6.42. The van der Waals surface area contributed by atoms with Crippen LogP contribution in [0.1, 0.15) is 61.8 Å². The molecule has 2 nitrogen and oxygen atoms in total. The molecule has 3 aromatic rings. The highest BCUT2D eigenvalue weighted by Gasteiger charge is 2.50. The molecule has 0 aromatic heterocycles. The van der Waals surface area contributed by atoms with E-state index in [0.717, 1.165) is 29.9 Å². The summed E-state index contributed by atoms with van der Waals surface area (Å²) in [5, 5.41) is 0. The molecule has 184 valence electrons. The molecule has 0 saturated heterocycles. The van der Waals surface area contributed by atoms with Crippen molar-refractivity contribution in [2.24, 2.45) is 0 Å². The molecule has 36 heavy (non-hydrogen) atoms. The van der Waals surface area contributed by atoms with Crippen LogP contribution in [-0.2, 0) is 15.9 Å². The van der Waals surface area contributed by atoms with Gasteiger partial charge in [-0.25, -0.2) is 0 Å². The van der Waals surface area contributed by atoms with E-state index in [4.69, 9.17) is 4.74 Å². The number of aryl methyl sites for hydroxylation is 2. The van der Waals surface area contributed by atoms with Crippen LogP contribution in [0.15, 0.2) is 97.7 Å². The summed E-state index contributed by atoms with van der Waals surface area (Å²) >= 11 is 0. The van der Waals surface area contributed by atoms with Gasteiger partial charge in [0.2, 0.25) is 0 Å². The summed E-state index contributed by atoms with van der Waals surface area (Å²) < 4.78 is 6.75. The van der Waals surface area contributed by atoms with Crippen molar-refractivity contribution >= 4 is 11.4 Å². The van der Waals surface area contributed by atoms with Crippen molar-refractivity contribution < 1.29 is 4.74 Å². The van der Waals surface area contributed by atoms with Crippen LogP contribution in [0, 0.1) is 13.8 Å². The van der Waals surface area contributed by atoms with Crippen molar-refractivity contribution in [3.05, 3.63) is 120 Å². The van der Waals surface area contributed by atoms with Crippen molar-refractivity contribution in [2.75, 3.05) is 4.90 Å². The van der Waals surface area contributed by atoms with E-state index in [1.165, 1.54) is 46.2 Å². The molecule has 1 aliphatic carbocycles. The lowest BCUT2D eigenvalue weighted by Gasteiger charge is -2.28. The average Bonchev–Trinajstić information content (AvgIpc) is 3.40. The first-order valence-electron chi connectivity index (χ1n) is 13.1. The number of anilines is 2. The zero-order chi connectivity index (χ0) is 25.5. The summed E-state index contributed by atoms with van der Waals surface area (Å²) in [6.07, 6.45) is 10.5. The Labute approximate surface area is 216 Å². The summed E-state index contributed by atoms with van der Waals surface area (Å²) in [6, 6.07) is 22.0. The minimum Gasteiger partial charge on any atom is -0.360 e. The maximum Gasteiger partial charge on any atom is 0.0946 e. The largest absolute Gasteiger partial charge is 0.360 e. The first-order valence-corrected chi connectivity index (χ1v) is 13.1. The van der Waals surface area contributed by atoms with Crippen LogP contribution < -0.4 is 4.90 Å². The lowest BCUT2D eigenvalue weighted by Crippen LogP contribution is -2.25. The van der Waals surface area contributed by atoms with Crippen molar-refractivity contribution in [1.29, 1.82) is 0 Å². The molecule has 1 fully saturated rings. The van der Waals surface area contributed by atoms with Crippen LogP contribution in [-0.4, -0.2) is 0 Å². The van der Waals surface area contributed by atoms with Crippen LogP contribution in [0.4, 0.5) is 11.4 Å². The molecule has 0 amide bonds. The second kappa shape index (κ2) is 9.26. The van der Waals surface area contributed by atoms with E-state index < -0.39 is 0 Å². The van der Waals surface area contributed by atoms with Crippen LogP contribution in [0.25, 0.3) is 11.1 Å². The molecule has 5 rings (SSSR count). The highest BCUT2D eigenvalue weighted by molar-refractivity contribution is 5.79. The summed E-state index contributed by atoms with van der Waals surface area (Å²) in [4.78, 5) is 2.24. The van der Waals surface area contributed by atoms with Gasteiger partial charge < -0.3 is 9.64 Å². The Morgan fingerprint density at radius 1 is 0.861 bits per heavy atom. The van der Waals surface area contributed by atoms with E-state index in [0.29, 0.717) is 0 Å². The zero-order valence-electron chi connectivity index (χ0n) is 22.1. The Balaban J connectivity index is 1.61. The molecule has 0 radical (unpaired) electrons. The molecule has 1 spiro atoms. The Kier molecular flexibility index (Phi) is 6.26. The number of hydrogen-bond donors (Lipinski definition) is 0. The predicted molar refractivity (Wildman–Crippen MR) is 153 cm³/mol. The summed E-state index contributed by atoms with van der Waals surface area (Å²) in [5.74, 6) is 0. The fraction of sp³-hybridized carbons (Fsp3) is 0.294. The van der Waals surface area contributed by atoms with Gasteiger partial charge in [-0.05, 0) is 116 Å². The third-order valence-electron chi connectivity index (χ3n) is 7.86. The van der Waals surface area contributed by atoms with Crippen LogP contribution in [0.2, 0.25) is 0 Å². The smallest absolute Gasteiger partial charge is 0.0946 e. The summed E-state index contributed by atoms with van der Waals surface area (Å²) in [7, 11) is 0. The lowest BCUT2D eigenvalue weighted by molar-refractivity contribution is -0.122. The van der Waals surface area contributed by atoms with E-state index in [-0.39, 0.29) is 11.2 Å². The Bertz CT molecular complexity index is 1320. The number of allylic oxidation sites excluding steroid dienone is 3. The summed E-state index contributed by atoms with van der Waals surface area (Å²) in [6.45, 7) is 16.9. The predicted octanol–water partition coefficient (Wildman–Crippen LogP) is 9.40. The van der Waals surface area contributed by atoms with Gasteiger partial charge in [-0.2, -0.15) is 0 Å². The fourth-order valence-corrected chi connectivity index (χ4v) is 6.42. The van der Waals surface area contributed by atoms with Crippen LogP contribution in [0.5, 0.6) is 0 Å². The zero-order valence-corrected chi connectivity index (χ0v) is 22.1. The minimum atomic E-state index is -0.268. The highest BCUT2D eigenvalue weighted by Crippen LogP contribution is 2.55. The maximum atomic E-state index is 6.75. The van der Waals surface area contributed by atoms with E-state index in [2.05, 4.69) is 100 Å². The molecule has 0 bridgehead atoms. The Morgan fingerprint density at radius 2 is 1.53 bits per heavy atom. The van der Waals surface area contributed by atoms with Gasteiger partial charge in [0.05, 0.1) is 11.2 Å². The van der Waals surface area contributed by atoms with E-state index in [9.17, 15) is 0 Å². The number of rotatable bonds is 6. The Morgan fingerprint density at radius 3 is 2.14 bits per heavy atom. The van der Waals surface area contributed by atoms with Gasteiger partial charge in [0.25, 0.3) is 0 Å². The number of hydrogen-bond acceptors (Lipinski definition) is 2. The molecule has 3 aromatic carbocycles. The van der Waals surface area contributed by atoms with Gasteiger partial charge in [0.1, 0.15) is 0 Å². The van der Waals surface area contributed by atoms with Crippen LogP contribution >= 0.6 is 0 Å². The standard InChI is InChI=1S/C34H37NO/c1-7-14-27(8-2)35(28-15-10-9-11-16-28)29-21-24(3)32(25(4)22-29)26-17-18-30-31(23-26)33(5,6)36-34(30)19-12-13-20-34/h7-11,14-18,21-23H,1-2,12-13,19-20H2,3-6H3/b27-14+. The number of nitrogens with zero attached hydrogens (tertiary/aromatic N) is 1. The second-order valence-electron chi connectivity index (χ2n) is 10.7. The van der Waals surface area contributed by atoms with E-state index in [1.54, 1.807) is 0 Å². The molecule has 0 unspecified atom stereocenters. The molecule has 2 heteroatoms. The van der Waals surface area contributed by atoms with Gasteiger partial charge in [0, 0.05) is 17.1 Å². The van der Waals surface area contributed by atoms with Crippen molar-refractivity contribution in [2.45, 2.75) is 64.6 Å². The lowest BCUT2D eigenvalue weighted by atomic mass is 9.84. The molecule has 1 heterocycles. The second-order valence-corrected chi connectivity index (χ2v) is 10.7. The van der Waals surface area contributed by atoms with Gasteiger partial charge in [-0.15, -0.1) is 0 Å². The Hall–Kier alpha value is -3.36. The van der Waals surface area contributed by atoms with Gasteiger partial charge in [-0.3, -0.25) is 0 Å². The van der Waals surface area contributed by atoms with Crippen molar-refractivity contribution in [1.82, 2.24) is 0 Å². The van der Waals surface area contributed by atoms with E-state index in [1.807, 2.05) is 24.3 Å². The summed E-state index contributed by atoms with van der Waals surface area (Å²) in [5.41, 5.74) is 10.7. The topological polar surface area (TPSA) is 12.5 Å². The number of benzene rings is 3. The molecule has 1 saturated carbocycles. The van der Waals surface area contributed by atoms with Gasteiger partial charge in [0.15, 0.2) is 0 Å². The first-order chi connectivity index (χ1) is 17.3. The monoisotopic (exact) mass is 475 g/mol. The van der Waals surface area contributed by atoms with E-state index >= 15 is 0 Å². The minimum absolute atomic E-state index is 0.0833. The molecule has 0 N–H and O–H groups in total. The molecule has 1 aliphatic heterocycles. The van der Waals surface area contributed by atoms with Gasteiger partial charge in [-0.1, -0.05) is 62.4 Å². The van der Waals surface area contributed by atoms with Crippen molar-refractivity contribution in [3.8, 4) is 11.1 Å². The highest BCUT2D eigenvalue weighted by atomic mass is 16.5. The third-order valence-corrected chi connectivity index (χ3v) is 7.86. The number of fused-ring (bicyclic) bond motifs is 2. The normalized spacial score (nSPS) is 17.7. The maximum absolute atomic E-state index is 6.75. The molecular formula is C34H37NO. The molecule has 2 aliphatic rings. The number of para-hydroxylation sites is 1. The third kappa shape index (κ3) is 4.04. The quantitative estimate of drug-likeness (QED) is 0.329. The first kappa shape index (κ1) is 24.3.